The topological polar surface area (TPSA) is 12.9 Å². The molecule has 1 aromatic heterocycles. The molecule has 0 N–H and O–H groups in total. The Balaban J connectivity index is 2.80. The van der Waals surface area contributed by atoms with Gasteiger partial charge >= 0.3 is 0 Å². The van der Waals surface area contributed by atoms with Gasteiger partial charge in [-0.15, -0.1) is 0 Å². The summed E-state index contributed by atoms with van der Waals surface area (Å²) in [5, 5.41) is 1.25. The zero-order valence-electron chi connectivity index (χ0n) is 9.21. The molecule has 1 aromatic carbocycles. The van der Waals surface area contributed by atoms with Gasteiger partial charge in [-0.3, -0.25) is 4.98 Å². The largest absolute Gasteiger partial charge is 0.255 e. The van der Waals surface area contributed by atoms with Crippen molar-refractivity contribution in [2.45, 2.75) is 26.7 Å². The summed E-state index contributed by atoms with van der Waals surface area (Å²) in [7, 11) is 0. The molecule has 0 saturated heterocycles. The van der Waals surface area contributed by atoms with Crippen LogP contribution in [0.25, 0.3) is 10.9 Å². The summed E-state index contributed by atoms with van der Waals surface area (Å²) in [5.41, 5.74) is 3.69. The third kappa shape index (κ3) is 1.91. The molecule has 2 rings (SSSR count). The molecule has 2 aromatic rings. The zero-order chi connectivity index (χ0) is 11.0. The number of pyridine rings is 1. The molecule has 1 nitrogen and oxygen atoms in total. The van der Waals surface area contributed by atoms with E-state index in [0.717, 1.165) is 9.99 Å². The Kier molecular flexibility index (Phi) is 2.79. The maximum absolute atomic E-state index is 4.40. The highest BCUT2D eigenvalue weighted by Gasteiger charge is 2.07. The highest BCUT2D eigenvalue weighted by Crippen LogP contribution is 2.29. The molecule has 1 heterocycles. The van der Waals surface area contributed by atoms with Gasteiger partial charge < -0.3 is 0 Å². The maximum Gasteiger partial charge on any atom is 0.0846 e. The van der Waals surface area contributed by atoms with Gasteiger partial charge in [-0.25, -0.2) is 0 Å². The predicted molar refractivity (Wildman–Crippen MR) is 68.3 cm³/mol. The van der Waals surface area contributed by atoms with Crippen molar-refractivity contribution in [2.75, 3.05) is 0 Å². The summed E-state index contributed by atoms with van der Waals surface area (Å²) in [6.45, 7) is 6.54. The van der Waals surface area contributed by atoms with Gasteiger partial charge in [-0.1, -0.05) is 13.8 Å². The van der Waals surface area contributed by atoms with Crippen LogP contribution in [0.2, 0.25) is 0 Å². The number of halogens is 1. The number of nitrogens with zero attached hydrogens (tertiary/aromatic N) is 1. The normalized spacial score (nSPS) is 11.3. The molecule has 0 spiro atoms. The minimum atomic E-state index is 0.547. The lowest BCUT2D eigenvalue weighted by Gasteiger charge is -2.10. The Morgan fingerprint density at radius 1 is 1.27 bits per heavy atom. The first kappa shape index (κ1) is 10.6. The van der Waals surface area contributed by atoms with Gasteiger partial charge in [-0.05, 0) is 58.1 Å². The van der Waals surface area contributed by atoms with E-state index in [-0.39, 0.29) is 0 Å². The first-order valence-electron chi connectivity index (χ1n) is 5.14. The fraction of sp³-hybridized carbons (Fsp3) is 0.308. The minimum Gasteiger partial charge on any atom is -0.255 e. The zero-order valence-corrected chi connectivity index (χ0v) is 10.8. The van der Waals surface area contributed by atoms with Gasteiger partial charge in [0, 0.05) is 16.1 Å². The molecular formula is C13H14BrN. The highest BCUT2D eigenvalue weighted by molar-refractivity contribution is 9.10. The summed E-state index contributed by atoms with van der Waals surface area (Å²) in [6, 6.07) is 6.46. The lowest BCUT2D eigenvalue weighted by Crippen LogP contribution is -1.91. The third-order valence-electron chi connectivity index (χ3n) is 2.71. The summed E-state index contributed by atoms with van der Waals surface area (Å²) >= 11 is 3.59. The summed E-state index contributed by atoms with van der Waals surface area (Å²) in [4.78, 5) is 4.40. The van der Waals surface area contributed by atoms with Crippen molar-refractivity contribution in [1.82, 2.24) is 4.98 Å². The second-order valence-electron chi connectivity index (χ2n) is 4.18. The molecule has 0 amide bonds. The first-order valence-corrected chi connectivity index (χ1v) is 5.93. The van der Waals surface area contributed by atoms with Gasteiger partial charge in [-0.2, -0.15) is 0 Å². The van der Waals surface area contributed by atoms with Crippen molar-refractivity contribution in [3.05, 3.63) is 40.0 Å². The molecule has 0 atom stereocenters. The van der Waals surface area contributed by atoms with E-state index in [1.54, 1.807) is 0 Å². The molecule has 0 radical (unpaired) electrons. The molecule has 0 aliphatic heterocycles. The molecule has 0 aliphatic rings. The van der Waals surface area contributed by atoms with Gasteiger partial charge in [0.25, 0.3) is 0 Å². The Bertz CT molecular complexity index is 503. The Labute approximate surface area is 98.7 Å². The van der Waals surface area contributed by atoms with Crippen LogP contribution in [-0.2, 0) is 0 Å². The molecule has 0 bridgehead atoms. The van der Waals surface area contributed by atoms with Crippen LogP contribution in [0.3, 0.4) is 0 Å². The van der Waals surface area contributed by atoms with Crippen LogP contribution in [-0.4, -0.2) is 4.98 Å². The summed E-state index contributed by atoms with van der Waals surface area (Å²) in [6.07, 6.45) is 1.86. The van der Waals surface area contributed by atoms with Crippen molar-refractivity contribution in [1.29, 1.82) is 0 Å². The fourth-order valence-electron chi connectivity index (χ4n) is 1.70. The smallest absolute Gasteiger partial charge is 0.0846 e. The molecule has 78 valence electrons. The average molecular weight is 264 g/mol. The van der Waals surface area contributed by atoms with Crippen LogP contribution in [0.1, 0.15) is 30.9 Å². The van der Waals surface area contributed by atoms with Gasteiger partial charge in [0.2, 0.25) is 0 Å². The van der Waals surface area contributed by atoms with Crippen LogP contribution in [0.5, 0.6) is 0 Å². The van der Waals surface area contributed by atoms with Crippen LogP contribution < -0.4 is 0 Å². The van der Waals surface area contributed by atoms with Crippen LogP contribution >= 0.6 is 15.9 Å². The first-order chi connectivity index (χ1) is 7.09. The summed E-state index contributed by atoms with van der Waals surface area (Å²) < 4.78 is 1.09. The Hall–Kier alpha value is -0.890. The van der Waals surface area contributed by atoms with Gasteiger partial charge in [0.1, 0.15) is 0 Å². The second-order valence-corrected chi connectivity index (χ2v) is 5.04. The predicted octanol–water partition coefficient (Wildman–Crippen LogP) is 4.43. The van der Waals surface area contributed by atoms with E-state index in [9.17, 15) is 0 Å². The van der Waals surface area contributed by atoms with E-state index in [2.05, 4.69) is 59.9 Å². The maximum atomic E-state index is 4.40. The molecule has 15 heavy (non-hydrogen) atoms. The third-order valence-corrected chi connectivity index (χ3v) is 3.31. The SMILES string of the molecule is Cc1ccnc2c(Br)cc(C(C)C)cc12. The van der Waals surface area contributed by atoms with E-state index >= 15 is 0 Å². The number of hydrogen-bond acceptors (Lipinski definition) is 1. The van der Waals surface area contributed by atoms with Crippen molar-refractivity contribution >= 4 is 26.8 Å². The van der Waals surface area contributed by atoms with Crippen molar-refractivity contribution in [2.24, 2.45) is 0 Å². The lowest BCUT2D eigenvalue weighted by molar-refractivity contribution is 0.867. The van der Waals surface area contributed by atoms with Crippen LogP contribution in [0.4, 0.5) is 0 Å². The molecule has 0 saturated carbocycles. The standard InChI is InChI=1S/C13H14BrN/c1-8(2)10-6-11-9(3)4-5-15-13(11)12(14)7-10/h4-8H,1-3H3. The lowest BCUT2D eigenvalue weighted by atomic mass is 9.99. The van der Waals surface area contributed by atoms with E-state index < -0.39 is 0 Å². The number of aromatic nitrogens is 1. The van der Waals surface area contributed by atoms with Crippen LogP contribution in [0.15, 0.2) is 28.9 Å². The van der Waals surface area contributed by atoms with Gasteiger partial charge in [0.15, 0.2) is 0 Å². The highest BCUT2D eigenvalue weighted by atomic mass is 79.9. The van der Waals surface area contributed by atoms with E-state index in [1.165, 1.54) is 16.5 Å². The quantitative estimate of drug-likeness (QED) is 0.742. The Morgan fingerprint density at radius 3 is 2.67 bits per heavy atom. The van der Waals surface area contributed by atoms with Crippen molar-refractivity contribution in [3.63, 3.8) is 0 Å². The molecule has 2 heteroatoms. The molecule has 0 fully saturated rings. The van der Waals surface area contributed by atoms with E-state index in [0.29, 0.717) is 5.92 Å². The van der Waals surface area contributed by atoms with Crippen molar-refractivity contribution in [3.8, 4) is 0 Å². The number of fused-ring (bicyclic) bond motifs is 1. The monoisotopic (exact) mass is 263 g/mol. The average Bonchev–Trinajstić information content (AvgIpc) is 2.19. The summed E-state index contributed by atoms with van der Waals surface area (Å²) in [5.74, 6) is 0.547. The van der Waals surface area contributed by atoms with Crippen molar-refractivity contribution < 1.29 is 0 Å². The fourth-order valence-corrected chi connectivity index (χ4v) is 2.28. The number of benzene rings is 1. The molecule has 0 aliphatic carbocycles. The van der Waals surface area contributed by atoms with Crippen LogP contribution in [0, 0.1) is 6.92 Å². The number of aryl methyl sites for hydroxylation is 1. The number of rotatable bonds is 1. The second kappa shape index (κ2) is 3.93. The molecule has 0 unspecified atom stereocenters. The molecular weight excluding hydrogens is 250 g/mol. The Morgan fingerprint density at radius 2 is 2.00 bits per heavy atom. The van der Waals surface area contributed by atoms with Gasteiger partial charge in [0.05, 0.1) is 5.52 Å². The van der Waals surface area contributed by atoms with E-state index in [1.807, 2.05) is 6.20 Å². The number of hydrogen-bond donors (Lipinski definition) is 0. The van der Waals surface area contributed by atoms with E-state index in [4.69, 9.17) is 0 Å². The minimum absolute atomic E-state index is 0.547.